The number of hydrogen-bond acceptors (Lipinski definition) is 5. The normalized spacial score (nSPS) is 16.3. The van der Waals surface area contributed by atoms with Gasteiger partial charge in [0.2, 0.25) is 0 Å². The van der Waals surface area contributed by atoms with E-state index in [1.807, 2.05) is 0 Å². The number of hydrogen-bond donors (Lipinski definition) is 3. The smallest absolute Gasteiger partial charge is 0.316 e. The van der Waals surface area contributed by atoms with Gasteiger partial charge >= 0.3 is 12.0 Å². The maximum absolute atomic E-state index is 14.4. The quantitative estimate of drug-likeness (QED) is 0.550. The predicted molar refractivity (Wildman–Crippen MR) is 116 cm³/mol. The Bertz CT molecular complexity index is 1130. The molecule has 3 rings (SSSR count). The number of rotatable bonds is 7. The summed E-state index contributed by atoms with van der Waals surface area (Å²) in [5, 5.41) is 14.0. The lowest BCUT2D eigenvalue weighted by atomic mass is 9.97. The summed E-state index contributed by atoms with van der Waals surface area (Å²) in [6, 6.07) is 7.31. The number of nitrogens with zero attached hydrogens (tertiary/aromatic N) is 1. The number of likely N-dealkylation sites (N-methyl/N-ethyl adjacent to an activating group) is 1. The fraction of sp³-hybridized carbons (Fsp3) is 0.217. The van der Waals surface area contributed by atoms with E-state index in [0.29, 0.717) is 16.9 Å². The van der Waals surface area contributed by atoms with Crippen molar-refractivity contribution in [3.63, 3.8) is 0 Å². The Balaban J connectivity index is 1.87. The lowest BCUT2D eigenvalue weighted by molar-refractivity contribution is -0.138. The van der Waals surface area contributed by atoms with Gasteiger partial charge in [0, 0.05) is 19.3 Å². The zero-order valence-corrected chi connectivity index (χ0v) is 17.9. The van der Waals surface area contributed by atoms with Crippen molar-refractivity contribution < 1.29 is 33.4 Å². The number of benzene rings is 2. The van der Waals surface area contributed by atoms with Crippen LogP contribution in [0.4, 0.5) is 9.18 Å². The molecule has 9 nitrogen and oxygen atoms in total. The SMILES string of the molecule is COc1cccc(-c2cc(F)cc(C(CC(=O)O)NC(=O)NC3C(=O)C=CN(C)C3=O)c2)c1. The van der Waals surface area contributed by atoms with E-state index in [9.17, 15) is 28.7 Å². The van der Waals surface area contributed by atoms with Gasteiger partial charge in [-0.05, 0) is 47.0 Å². The number of carboxylic acid groups (broad SMARTS) is 1. The molecule has 1 aliphatic heterocycles. The Kier molecular flexibility index (Phi) is 7.07. The summed E-state index contributed by atoms with van der Waals surface area (Å²) in [5.74, 6) is -2.57. The molecule has 0 aromatic heterocycles. The summed E-state index contributed by atoms with van der Waals surface area (Å²) >= 11 is 0. The third kappa shape index (κ3) is 5.73. The topological polar surface area (TPSA) is 125 Å². The first kappa shape index (κ1) is 23.5. The van der Waals surface area contributed by atoms with E-state index in [1.165, 1.54) is 26.4 Å². The van der Waals surface area contributed by atoms with Gasteiger partial charge in [-0.1, -0.05) is 12.1 Å². The molecule has 2 unspecified atom stereocenters. The minimum atomic E-state index is -1.44. The van der Waals surface area contributed by atoms with E-state index in [2.05, 4.69) is 10.6 Å². The first-order chi connectivity index (χ1) is 15.7. The Hall–Kier alpha value is -4.21. The third-order valence-electron chi connectivity index (χ3n) is 5.03. The third-order valence-corrected chi connectivity index (χ3v) is 5.03. The van der Waals surface area contributed by atoms with E-state index in [4.69, 9.17) is 4.74 Å². The van der Waals surface area contributed by atoms with Crippen molar-refractivity contribution >= 4 is 23.7 Å². The van der Waals surface area contributed by atoms with Gasteiger partial charge in [0.15, 0.2) is 11.8 Å². The summed E-state index contributed by atoms with van der Waals surface area (Å²) in [5.41, 5.74) is 1.27. The maximum Gasteiger partial charge on any atom is 0.316 e. The molecule has 2 aromatic rings. The number of halogens is 1. The molecule has 172 valence electrons. The van der Waals surface area contributed by atoms with Crippen molar-refractivity contribution in [1.29, 1.82) is 0 Å². The van der Waals surface area contributed by atoms with Crippen LogP contribution in [0.25, 0.3) is 11.1 Å². The van der Waals surface area contributed by atoms with Gasteiger partial charge in [0.05, 0.1) is 19.6 Å². The molecular weight excluding hydrogens is 433 g/mol. The van der Waals surface area contributed by atoms with Gasteiger partial charge in [-0.2, -0.15) is 0 Å². The second-order valence-corrected chi connectivity index (χ2v) is 7.37. The van der Waals surface area contributed by atoms with Crippen molar-refractivity contribution in [2.45, 2.75) is 18.5 Å². The maximum atomic E-state index is 14.4. The van der Waals surface area contributed by atoms with Crippen LogP contribution in [-0.4, -0.2) is 53.9 Å². The highest BCUT2D eigenvalue weighted by atomic mass is 19.1. The Morgan fingerprint density at radius 3 is 2.64 bits per heavy atom. The molecule has 2 atom stereocenters. The molecule has 0 bridgehead atoms. The molecule has 3 amide bonds. The molecule has 3 N–H and O–H groups in total. The molecule has 0 radical (unpaired) electrons. The van der Waals surface area contributed by atoms with Crippen molar-refractivity contribution in [3.8, 4) is 16.9 Å². The van der Waals surface area contributed by atoms with Crippen LogP contribution in [0.3, 0.4) is 0 Å². The molecule has 1 aliphatic rings. The van der Waals surface area contributed by atoms with Crippen LogP contribution in [0.2, 0.25) is 0 Å². The van der Waals surface area contributed by atoms with E-state index in [1.54, 1.807) is 30.3 Å². The minimum Gasteiger partial charge on any atom is -0.497 e. The summed E-state index contributed by atoms with van der Waals surface area (Å²) in [4.78, 5) is 49.2. The Labute approximate surface area is 188 Å². The van der Waals surface area contributed by atoms with E-state index < -0.39 is 48.0 Å². The Morgan fingerprint density at radius 1 is 1.18 bits per heavy atom. The summed E-state index contributed by atoms with van der Waals surface area (Å²) in [6.07, 6.45) is 1.87. The average molecular weight is 455 g/mol. The molecule has 2 aromatic carbocycles. The van der Waals surface area contributed by atoms with E-state index >= 15 is 0 Å². The number of carbonyl (C=O) groups excluding carboxylic acids is 3. The predicted octanol–water partition coefficient (Wildman–Crippen LogP) is 2.24. The molecule has 10 heteroatoms. The minimum absolute atomic E-state index is 0.198. The largest absolute Gasteiger partial charge is 0.497 e. The van der Waals surface area contributed by atoms with Crippen LogP contribution in [-0.2, 0) is 14.4 Å². The molecule has 1 heterocycles. The van der Waals surface area contributed by atoms with Crippen molar-refractivity contribution in [3.05, 3.63) is 66.1 Å². The lowest BCUT2D eigenvalue weighted by Gasteiger charge is -2.25. The number of ketones is 1. The van der Waals surface area contributed by atoms with Gasteiger partial charge in [0.1, 0.15) is 11.6 Å². The average Bonchev–Trinajstić information content (AvgIpc) is 2.78. The number of aliphatic carboxylic acids is 1. The van der Waals surface area contributed by atoms with Crippen LogP contribution in [0, 0.1) is 5.82 Å². The highest BCUT2D eigenvalue weighted by molar-refractivity contribution is 6.14. The molecular formula is C23H22FN3O6. The van der Waals surface area contributed by atoms with Crippen molar-refractivity contribution in [1.82, 2.24) is 15.5 Å². The Morgan fingerprint density at radius 2 is 1.94 bits per heavy atom. The number of methoxy groups -OCH3 is 1. The standard InChI is InChI=1S/C23H22FN3O6/c1-27-7-6-19(28)21(22(27)31)26-23(32)25-18(12-20(29)30)15-8-14(9-16(24)10-15)13-4-3-5-17(11-13)33-2/h3-11,18,21H,12H2,1-2H3,(H,29,30)(H2,25,26,32). The highest BCUT2D eigenvalue weighted by Crippen LogP contribution is 2.28. The van der Waals surface area contributed by atoms with Crippen LogP contribution in [0.5, 0.6) is 5.75 Å². The van der Waals surface area contributed by atoms with Crippen LogP contribution < -0.4 is 15.4 Å². The first-order valence-electron chi connectivity index (χ1n) is 9.90. The first-order valence-corrected chi connectivity index (χ1v) is 9.90. The number of carbonyl (C=O) groups is 4. The second kappa shape index (κ2) is 9.94. The van der Waals surface area contributed by atoms with Gasteiger partial charge in [-0.25, -0.2) is 9.18 Å². The molecule has 0 fully saturated rings. The lowest BCUT2D eigenvalue weighted by Crippen LogP contribution is -2.55. The van der Waals surface area contributed by atoms with Gasteiger partial charge in [0.25, 0.3) is 5.91 Å². The number of nitrogens with one attached hydrogen (secondary N) is 2. The van der Waals surface area contributed by atoms with Crippen LogP contribution in [0.1, 0.15) is 18.0 Å². The van der Waals surface area contributed by atoms with Crippen molar-refractivity contribution in [2.24, 2.45) is 0 Å². The number of carboxylic acids is 1. The molecule has 0 saturated carbocycles. The van der Waals surface area contributed by atoms with E-state index in [0.717, 1.165) is 17.0 Å². The van der Waals surface area contributed by atoms with Crippen LogP contribution in [0.15, 0.2) is 54.7 Å². The van der Waals surface area contributed by atoms with Gasteiger partial charge in [-0.15, -0.1) is 0 Å². The monoisotopic (exact) mass is 455 g/mol. The fourth-order valence-corrected chi connectivity index (χ4v) is 3.35. The molecule has 0 saturated heterocycles. The molecule has 33 heavy (non-hydrogen) atoms. The van der Waals surface area contributed by atoms with Crippen LogP contribution >= 0.6 is 0 Å². The highest BCUT2D eigenvalue weighted by Gasteiger charge is 2.32. The second-order valence-electron chi connectivity index (χ2n) is 7.37. The van der Waals surface area contributed by atoms with Gasteiger partial charge in [-0.3, -0.25) is 14.4 Å². The fourth-order valence-electron chi connectivity index (χ4n) is 3.35. The summed E-state index contributed by atoms with van der Waals surface area (Å²) in [7, 11) is 2.93. The molecule has 0 aliphatic carbocycles. The molecule has 0 spiro atoms. The zero-order chi connectivity index (χ0) is 24.1. The van der Waals surface area contributed by atoms with Crippen molar-refractivity contribution in [2.75, 3.05) is 14.2 Å². The number of urea groups is 1. The number of amides is 3. The number of ether oxygens (including phenoxy) is 1. The summed E-state index contributed by atoms with van der Waals surface area (Å²) in [6.45, 7) is 0. The zero-order valence-electron chi connectivity index (χ0n) is 17.9. The van der Waals surface area contributed by atoms with E-state index in [-0.39, 0.29) is 5.56 Å². The van der Waals surface area contributed by atoms with Gasteiger partial charge < -0.3 is 25.4 Å². The summed E-state index contributed by atoms with van der Waals surface area (Å²) < 4.78 is 19.6.